The summed E-state index contributed by atoms with van der Waals surface area (Å²) in [5, 5.41) is 3.14. The van der Waals surface area contributed by atoms with Crippen molar-refractivity contribution in [1.29, 1.82) is 0 Å². The van der Waals surface area contributed by atoms with Crippen LogP contribution in [0.4, 0.5) is 9.18 Å². The normalized spacial score (nSPS) is 26.3. The van der Waals surface area contributed by atoms with Gasteiger partial charge in [-0.25, -0.2) is 14.2 Å². The summed E-state index contributed by atoms with van der Waals surface area (Å²) < 4.78 is 19.9. The first-order valence-corrected chi connectivity index (χ1v) is 9.70. The number of nitrogens with one attached hydrogen (secondary N) is 2. The second-order valence-corrected chi connectivity index (χ2v) is 9.72. The Morgan fingerprint density at radius 1 is 1.41 bits per heavy atom. The Morgan fingerprint density at radius 3 is 2.63 bits per heavy atom. The summed E-state index contributed by atoms with van der Waals surface area (Å²) in [4.78, 5) is 31.5. The fourth-order valence-electron chi connectivity index (χ4n) is 4.13. The number of rotatable bonds is 2. The number of hydrogen-bond acceptors (Lipinski definition) is 4. The molecule has 0 unspecified atom stereocenters. The van der Waals surface area contributed by atoms with E-state index in [1.54, 1.807) is 20.8 Å². The van der Waals surface area contributed by atoms with Gasteiger partial charge < -0.3 is 15.0 Å². The molecule has 9 heteroatoms. The van der Waals surface area contributed by atoms with Crippen LogP contribution in [0.3, 0.4) is 0 Å². The number of alkyl carbamates (subject to hydrolysis) is 1. The minimum Gasteiger partial charge on any atom is -0.444 e. The van der Waals surface area contributed by atoms with Gasteiger partial charge in [0.05, 0.1) is 14.9 Å². The fraction of sp³-hybridized carbons (Fsp3) is 0.500. The number of amides is 1. The Balaban J connectivity index is 1.58. The minimum atomic E-state index is -0.655. The van der Waals surface area contributed by atoms with Crippen LogP contribution in [0.1, 0.15) is 45.9 Å². The number of carbonyl (C=O) groups is 1. The number of H-pyrrole nitrogens is 1. The van der Waals surface area contributed by atoms with Crippen molar-refractivity contribution in [3.8, 4) is 0 Å². The van der Waals surface area contributed by atoms with Crippen molar-refractivity contribution < 1.29 is 13.9 Å². The molecule has 1 aromatic heterocycles. The third-order valence-corrected chi connectivity index (χ3v) is 6.44. The van der Waals surface area contributed by atoms with Crippen LogP contribution in [-0.2, 0) is 10.2 Å². The molecule has 0 saturated heterocycles. The number of hydrogen-bond donors (Lipinski definition) is 2. The molecular weight excluding hydrogens is 441 g/mol. The van der Waals surface area contributed by atoms with Gasteiger partial charge in [-0.15, -0.1) is 0 Å². The maximum absolute atomic E-state index is 14.5. The van der Waals surface area contributed by atoms with E-state index in [0.29, 0.717) is 25.1 Å². The van der Waals surface area contributed by atoms with E-state index in [2.05, 4.69) is 31.2 Å². The lowest BCUT2D eigenvalue weighted by molar-refractivity contribution is -0.0934. The number of halogens is 3. The Labute approximate surface area is 168 Å². The lowest BCUT2D eigenvalue weighted by atomic mass is 9.39. The first-order chi connectivity index (χ1) is 12.4. The Kier molecular flexibility index (Phi) is 3.92. The van der Waals surface area contributed by atoms with Gasteiger partial charge in [0.1, 0.15) is 16.9 Å². The molecule has 27 heavy (non-hydrogen) atoms. The van der Waals surface area contributed by atoms with Crippen molar-refractivity contribution in [2.45, 2.75) is 56.6 Å². The molecule has 0 radical (unpaired) electrons. The molecule has 6 nitrogen and oxygen atoms in total. The molecule has 144 valence electrons. The van der Waals surface area contributed by atoms with Gasteiger partial charge >= 0.3 is 6.09 Å². The van der Waals surface area contributed by atoms with Crippen LogP contribution < -0.4 is 10.9 Å². The first kappa shape index (κ1) is 18.7. The molecule has 2 bridgehead atoms. The third kappa shape index (κ3) is 2.93. The van der Waals surface area contributed by atoms with E-state index in [-0.39, 0.29) is 31.4 Å². The highest BCUT2D eigenvalue weighted by molar-refractivity contribution is 9.10. The zero-order chi connectivity index (χ0) is 19.8. The summed E-state index contributed by atoms with van der Waals surface area (Å²) >= 11 is 9.01. The number of fused-ring (bicyclic) bond motifs is 1. The molecule has 3 fully saturated rings. The zero-order valence-corrected chi connectivity index (χ0v) is 17.3. The van der Waals surface area contributed by atoms with Gasteiger partial charge in [-0.05, 0) is 62.0 Å². The van der Waals surface area contributed by atoms with Gasteiger partial charge in [0.25, 0.3) is 5.56 Å². The topological polar surface area (TPSA) is 84.1 Å². The van der Waals surface area contributed by atoms with Crippen LogP contribution in [0.15, 0.2) is 15.3 Å². The number of nitrogens with zero attached hydrogens (tertiary/aromatic N) is 1. The maximum atomic E-state index is 14.5. The van der Waals surface area contributed by atoms with Crippen LogP contribution in [0, 0.1) is 5.82 Å². The van der Waals surface area contributed by atoms with Gasteiger partial charge in [0, 0.05) is 11.0 Å². The van der Waals surface area contributed by atoms with E-state index in [0.717, 1.165) is 0 Å². The SMILES string of the molecule is CC(C)(C)OC(=O)NC12CC(c3nc4c(F)c(Br)c(Cl)cc4c(=O)[nH]3)(C1)C2. The number of aromatic amines is 1. The first-order valence-electron chi connectivity index (χ1n) is 8.53. The van der Waals surface area contributed by atoms with Crippen molar-refractivity contribution in [3.63, 3.8) is 0 Å². The molecule has 3 aliphatic carbocycles. The highest BCUT2D eigenvalue weighted by Crippen LogP contribution is 2.67. The highest BCUT2D eigenvalue weighted by atomic mass is 79.9. The third-order valence-electron chi connectivity index (χ3n) is 5.14. The standard InChI is InChI=1S/C18H18BrClFN3O3/c1-16(2,3)27-15(26)24-18-5-17(6-18,7-18)14-22-12-8(13(25)23-14)4-9(20)10(19)11(12)21/h4H,5-7H2,1-3H3,(H,24,26)(H,22,23,25). The molecule has 1 amide bonds. The van der Waals surface area contributed by atoms with Crippen LogP contribution in [0.2, 0.25) is 5.02 Å². The molecule has 0 aliphatic heterocycles. The monoisotopic (exact) mass is 457 g/mol. The maximum Gasteiger partial charge on any atom is 0.408 e. The number of carbonyl (C=O) groups excluding carboxylic acids is 1. The molecule has 0 spiro atoms. The second kappa shape index (κ2) is 5.67. The molecule has 2 aromatic rings. The lowest BCUT2D eigenvalue weighted by Gasteiger charge is -2.69. The summed E-state index contributed by atoms with van der Waals surface area (Å²) in [5.41, 5.74) is -1.69. The molecule has 5 rings (SSSR count). The van der Waals surface area contributed by atoms with Gasteiger partial charge in [-0.1, -0.05) is 11.6 Å². The molecular formula is C18H18BrClFN3O3. The van der Waals surface area contributed by atoms with Crippen LogP contribution >= 0.6 is 27.5 Å². The van der Waals surface area contributed by atoms with E-state index in [1.165, 1.54) is 6.07 Å². The molecule has 2 N–H and O–H groups in total. The van der Waals surface area contributed by atoms with E-state index in [9.17, 15) is 14.0 Å². The summed E-state index contributed by atoms with van der Waals surface area (Å²) in [7, 11) is 0. The van der Waals surface area contributed by atoms with Gasteiger partial charge in [0.2, 0.25) is 0 Å². The molecule has 1 aromatic carbocycles. The molecule has 1 heterocycles. The van der Waals surface area contributed by atoms with E-state index < -0.39 is 23.1 Å². The second-order valence-electron chi connectivity index (χ2n) is 8.51. The van der Waals surface area contributed by atoms with Crippen molar-refractivity contribution in [2.24, 2.45) is 0 Å². The highest BCUT2D eigenvalue weighted by Gasteiger charge is 2.70. The van der Waals surface area contributed by atoms with Crippen molar-refractivity contribution in [1.82, 2.24) is 15.3 Å². The quantitative estimate of drug-likeness (QED) is 0.661. The molecule has 3 saturated carbocycles. The largest absolute Gasteiger partial charge is 0.444 e. The van der Waals surface area contributed by atoms with Crippen LogP contribution in [0.25, 0.3) is 10.9 Å². The predicted octanol–water partition coefficient (Wildman–Crippen LogP) is 4.18. The lowest BCUT2D eigenvalue weighted by Crippen LogP contribution is -2.77. The molecule has 3 aliphatic rings. The average Bonchev–Trinajstić information content (AvgIpc) is 2.46. The van der Waals surface area contributed by atoms with Crippen LogP contribution in [0.5, 0.6) is 0 Å². The number of benzene rings is 1. The van der Waals surface area contributed by atoms with Crippen molar-refractivity contribution in [3.05, 3.63) is 37.6 Å². The van der Waals surface area contributed by atoms with Gasteiger partial charge in [0.15, 0.2) is 5.82 Å². The molecule has 0 atom stereocenters. The van der Waals surface area contributed by atoms with E-state index in [4.69, 9.17) is 16.3 Å². The summed E-state index contributed by atoms with van der Waals surface area (Å²) in [5.74, 6) is -0.209. The average molecular weight is 459 g/mol. The smallest absolute Gasteiger partial charge is 0.408 e. The number of ether oxygens (including phenoxy) is 1. The Morgan fingerprint density at radius 2 is 2.04 bits per heavy atom. The summed E-state index contributed by atoms with van der Waals surface area (Å²) in [6.45, 7) is 5.41. The fourth-order valence-corrected chi connectivity index (χ4v) is 4.62. The number of aromatic nitrogens is 2. The van der Waals surface area contributed by atoms with Gasteiger partial charge in [-0.3, -0.25) is 4.79 Å². The van der Waals surface area contributed by atoms with Gasteiger partial charge in [-0.2, -0.15) is 0 Å². The van der Waals surface area contributed by atoms with E-state index in [1.807, 2.05) is 0 Å². The van der Waals surface area contributed by atoms with Crippen molar-refractivity contribution in [2.75, 3.05) is 0 Å². The summed E-state index contributed by atoms with van der Waals surface area (Å²) in [6, 6.07) is 1.40. The Hall–Kier alpha value is -1.67. The minimum absolute atomic E-state index is 0.0103. The zero-order valence-electron chi connectivity index (χ0n) is 15.0. The summed E-state index contributed by atoms with van der Waals surface area (Å²) in [6.07, 6.45) is 1.43. The van der Waals surface area contributed by atoms with E-state index >= 15 is 0 Å². The van der Waals surface area contributed by atoms with Crippen molar-refractivity contribution >= 4 is 44.5 Å². The Bertz CT molecular complexity index is 1030. The predicted molar refractivity (Wildman–Crippen MR) is 103 cm³/mol. The van der Waals surface area contributed by atoms with Crippen LogP contribution in [-0.4, -0.2) is 27.2 Å².